The summed E-state index contributed by atoms with van der Waals surface area (Å²) in [6.45, 7) is 1.38. The molecule has 0 unspecified atom stereocenters. The minimum absolute atomic E-state index is 0.0640. The number of ether oxygens (including phenoxy) is 1. The van der Waals surface area contributed by atoms with Gasteiger partial charge in [0, 0.05) is 15.1 Å². The highest BCUT2D eigenvalue weighted by molar-refractivity contribution is 7.22. The molecule has 0 atom stereocenters. The molecule has 10 heteroatoms. The first-order valence-electron chi connectivity index (χ1n) is 9.79. The van der Waals surface area contributed by atoms with Crippen LogP contribution >= 0.6 is 46.1 Å². The molecule has 2 aromatic heterocycles. The van der Waals surface area contributed by atoms with Crippen LogP contribution in [-0.2, 0) is 6.54 Å². The molecule has 0 aliphatic heterocycles. The van der Waals surface area contributed by atoms with Gasteiger partial charge >= 0.3 is 0 Å². The molecular formula is C24H15Cl3N2O4S. The third-order valence-corrected chi connectivity index (χ3v) is 7.52. The third-order valence-electron chi connectivity index (χ3n) is 5.38. The quantitative estimate of drug-likeness (QED) is 0.309. The molecule has 6 nitrogen and oxygen atoms in total. The van der Waals surface area contributed by atoms with Gasteiger partial charge in [-0.1, -0.05) is 46.9 Å². The van der Waals surface area contributed by atoms with E-state index in [1.807, 2.05) is 6.07 Å². The number of fused-ring (bicyclic) bond motifs is 1. The van der Waals surface area contributed by atoms with Crippen molar-refractivity contribution in [1.82, 2.24) is 4.57 Å². The SMILES string of the molecule is COc1ccc(Cn2c(O)c(C(=O)c3sc4cc(Cl)cc(Cl)c4c3Cl)c(C)c(C#N)c2=O)cc1. The number of ketones is 1. The number of nitrogens with zero attached hydrogens (tertiary/aromatic N) is 2. The maximum Gasteiger partial charge on any atom is 0.271 e. The minimum atomic E-state index is -0.706. The molecule has 2 heterocycles. The maximum atomic E-state index is 13.6. The standard InChI is InChI=1S/C24H15Cl3N2O4S/c1-11-15(9-28)23(31)29(10-12-3-5-14(33-2)6-4-12)24(32)18(11)21(30)22-20(27)19-16(26)7-13(25)8-17(19)34-22/h3-8,32H,10H2,1-2H3. The number of thiophene rings is 1. The van der Waals surface area contributed by atoms with Gasteiger partial charge in [0.1, 0.15) is 17.4 Å². The number of rotatable bonds is 5. The van der Waals surface area contributed by atoms with Crippen molar-refractivity contribution >= 4 is 62.0 Å². The van der Waals surface area contributed by atoms with E-state index in [9.17, 15) is 20.0 Å². The summed E-state index contributed by atoms with van der Waals surface area (Å²) >= 11 is 19.9. The minimum Gasteiger partial charge on any atom is -0.497 e. The summed E-state index contributed by atoms with van der Waals surface area (Å²) in [7, 11) is 1.53. The Balaban J connectivity index is 1.90. The van der Waals surface area contributed by atoms with E-state index in [1.165, 1.54) is 20.1 Å². The summed E-state index contributed by atoms with van der Waals surface area (Å²) < 4.78 is 6.72. The Morgan fingerprint density at radius 1 is 1.21 bits per heavy atom. The predicted molar refractivity (Wildman–Crippen MR) is 134 cm³/mol. The summed E-state index contributed by atoms with van der Waals surface area (Å²) in [5.41, 5.74) is -0.403. The smallest absolute Gasteiger partial charge is 0.271 e. The number of pyridine rings is 1. The number of carbonyl (C=O) groups is 1. The van der Waals surface area contributed by atoms with E-state index in [0.29, 0.717) is 26.4 Å². The zero-order valence-electron chi connectivity index (χ0n) is 17.8. The largest absolute Gasteiger partial charge is 0.497 e. The van der Waals surface area contributed by atoms with Crippen molar-refractivity contribution in [3.05, 3.63) is 89.0 Å². The number of methoxy groups -OCH3 is 1. The van der Waals surface area contributed by atoms with Gasteiger partial charge in [-0.3, -0.25) is 14.2 Å². The van der Waals surface area contributed by atoms with Crippen LogP contribution in [0.4, 0.5) is 0 Å². The first kappa shape index (κ1) is 24.1. The van der Waals surface area contributed by atoms with Gasteiger partial charge in [-0.15, -0.1) is 11.3 Å². The third kappa shape index (κ3) is 4.04. The van der Waals surface area contributed by atoms with E-state index in [1.54, 1.807) is 30.3 Å². The molecule has 0 saturated carbocycles. The predicted octanol–water partition coefficient (Wildman–Crippen LogP) is 6.20. The molecule has 34 heavy (non-hydrogen) atoms. The molecule has 0 spiro atoms. The van der Waals surface area contributed by atoms with Crippen molar-refractivity contribution in [3.8, 4) is 17.7 Å². The Kier molecular flexibility index (Phi) is 6.61. The fourth-order valence-corrected chi connectivity index (χ4v) is 5.98. The van der Waals surface area contributed by atoms with Crippen LogP contribution in [0.5, 0.6) is 11.6 Å². The molecule has 0 bridgehead atoms. The lowest BCUT2D eigenvalue weighted by atomic mass is 10.0. The number of benzene rings is 2. The van der Waals surface area contributed by atoms with Gasteiger partial charge < -0.3 is 9.84 Å². The highest BCUT2D eigenvalue weighted by Gasteiger charge is 2.28. The van der Waals surface area contributed by atoms with Crippen molar-refractivity contribution in [2.24, 2.45) is 0 Å². The average Bonchev–Trinajstić information content (AvgIpc) is 3.13. The number of aromatic hydroxyl groups is 1. The van der Waals surface area contributed by atoms with E-state index >= 15 is 0 Å². The number of nitriles is 1. The average molecular weight is 534 g/mol. The maximum absolute atomic E-state index is 13.6. The highest BCUT2D eigenvalue weighted by Crippen LogP contribution is 2.43. The zero-order valence-corrected chi connectivity index (χ0v) is 20.9. The summed E-state index contributed by atoms with van der Waals surface area (Å²) in [6.07, 6.45) is 0. The van der Waals surface area contributed by atoms with Gasteiger partial charge in [0.2, 0.25) is 11.7 Å². The van der Waals surface area contributed by atoms with Gasteiger partial charge in [0.25, 0.3) is 5.56 Å². The first-order valence-corrected chi connectivity index (χ1v) is 11.7. The van der Waals surface area contributed by atoms with E-state index in [0.717, 1.165) is 15.9 Å². The van der Waals surface area contributed by atoms with E-state index in [2.05, 4.69) is 0 Å². The van der Waals surface area contributed by atoms with Gasteiger partial charge in [-0.25, -0.2) is 0 Å². The lowest BCUT2D eigenvalue weighted by Gasteiger charge is -2.15. The lowest BCUT2D eigenvalue weighted by molar-refractivity contribution is 0.103. The Morgan fingerprint density at radius 3 is 2.50 bits per heavy atom. The number of carbonyl (C=O) groups excluding carboxylic acids is 1. The molecule has 0 aliphatic rings. The van der Waals surface area contributed by atoms with Crippen molar-refractivity contribution < 1.29 is 14.6 Å². The topological polar surface area (TPSA) is 92.3 Å². The van der Waals surface area contributed by atoms with Crippen LogP contribution in [0, 0.1) is 18.3 Å². The van der Waals surface area contributed by atoms with Crippen LogP contribution in [0.1, 0.15) is 31.9 Å². The summed E-state index contributed by atoms with van der Waals surface area (Å²) in [4.78, 5) is 26.7. The molecule has 0 amide bonds. The second-order valence-electron chi connectivity index (χ2n) is 7.38. The van der Waals surface area contributed by atoms with Crippen LogP contribution in [0.25, 0.3) is 10.1 Å². The van der Waals surface area contributed by atoms with Crippen molar-refractivity contribution in [1.29, 1.82) is 5.26 Å². The number of halogens is 3. The van der Waals surface area contributed by atoms with Gasteiger partial charge in [0.05, 0.1) is 34.1 Å². The van der Waals surface area contributed by atoms with Gasteiger partial charge in [0.15, 0.2) is 0 Å². The van der Waals surface area contributed by atoms with Gasteiger partial charge in [-0.2, -0.15) is 5.26 Å². The number of hydrogen-bond donors (Lipinski definition) is 1. The molecule has 0 fully saturated rings. The number of hydrogen-bond acceptors (Lipinski definition) is 6. The summed E-state index contributed by atoms with van der Waals surface area (Å²) in [5, 5.41) is 21.9. The van der Waals surface area contributed by atoms with Crippen LogP contribution in [0.15, 0.2) is 41.2 Å². The van der Waals surface area contributed by atoms with E-state index in [-0.39, 0.29) is 38.2 Å². The van der Waals surface area contributed by atoms with Crippen LogP contribution < -0.4 is 10.3 Å². The monoisotopic (exact) mass is 532 g/mol. The normalized spacial score (nSPS) is 10.9. The second-order valence-corrected chi connectivity index (χ2v) is 9.66. The van der Waals surface area contributed by atoms with Crippen molar-refractivity contribution in [2.75, 3.05) is 7.11 Å². The van der Waals surface area contributed by atoms with Crippen molar-refractivity contribution in [2.45, 2.75) is 13.5 Å². The molecule has 4 aromatic rings. The zero-order chi connectivity index (χ0) is 24.7. The van der Waals surface area contributed by atoms with E-state index < -0.39 is 17.2 Å². The molecule has 0 radical (unpaired) electrons. The molecule has 0 aliphatic carbocycles. The lowest BCUT2D eigenvalue weighted by Crippen LogP contribution is -2.27. The van der Waals surface area contributed by atoms with Crippen LogP contribution in [-0.4, -0.2) is 22.6 Å². The van der Waals surface area contributed by atoms with Gasteiger partial charge in [-0.05, 0) is 42.3 Å². The molecule has 172 valence electrons. The first-order chi connectivity index (χ1) is 16.2. The molecular weight excluding hydrogens is 519 g/mol. The van der Waals surface area contributed by atoms with Crippen LogP contribution in [0.2, 0.25) is 15.1 Å². The Hall–Kier alpha value is -3.02. The fourth-order valence-electron chi connectivity index (χ4n) is 3.65. The summed E-state index contributed by atoms with van der Waals surface area (Å²) in [6, 6.07) is 11.8. The second kappa shape index (κ2) is 9.32. The molecule has 2 aromatic carbocycles. The molecule has 1 N–H and O–H groups in total. The van der Waals surface area contributed by atoms with Crippen LogP contribution in [0.3, 0.4) is 0 Å². The summed E-state index contributed by atoms with van der Waals surface area (Å²) in [5.74, 6) is -0.565. The highest BCUT2D eigenvalue weighted by atomic mass is 35.5. The van der Waals surface area contributed by atoms with Crippen molar-refractivity contribution in [3.63, 3.8) is 0 Å². The molecule has 4 rings (SSSR count). The van der Waals surface area contributed by atoms with E-state index in [4.69, 9.17) is 39.5 Å². The molecule has 0 saturated heterocycles. The Bertz CT molecular complexity index is 1570. The Labute approximate surface area is 213 Å². The number of aromatic nitrogens is 1. The fraction of sp³-hybridized carbons (Fsp3) is 0.125. The Morgan fingerprint density at radius 2 is 1.88 bits per heavy atom.